The number of methoxy groups -OCH3 is 1. The van der Waals surface area contributed by atoms with Crippen LogP contribution in [0.3, 0.4) is 0 Å². The molecule has 0 bridgehead atoms. The molecule has 1 unspecified atom stereocenters. The van der Waals surface area contributed by atoms with Gasteiger partial charge in [-0.1, -0.05) is 18.2 Å². The highest BCUT2D eigenvalue weighted by Crippen LogP contribution is 2.26. The third kappa shape index (κ3) is 4.70. The van der Waals surface area contributed by atoms with Crippen LogP contribution in [0.5, 0.6) is 5.75 Å². The minimum atomic E-state index is -0.480. The molecule has 1 N–H and O–H groups in total. The fourth-order valence-corrected chi connectivity index (χ4v) is 3.15. The Morgan fingerprint density at radius 3 is 2.57 bits per heavy atom. The normalized spacial score (nSPS) is 18.9. The monoisotopic (exact) mass is 292 g/mol. The summed E-state index contributed by atoms with van der Waals surface area (Å²) in [7, 11) is 5.92. The van der Waals surface area contributed by atoms with Gasteiger partial charge in [-0.2, -0.15) is 0 Å². The standard InChI is InChI=1S/C17H28N2O2/c1-18(2)12-14-8-10-19(11-9-14)13-16(20)15-6-4-5-7-17(15)21-3/h4-7,14,16,20H,8-13H2,1-3H3. The van der Waals surface area contributed by atoms with Crippen LogP contribution in [0.25, 0.3) is 0 Å². The first-order valence-corrected chi connectivity index (χ1v) is 7.78. The number of piperidine rings is 1. The van der Waals surface area contributed by atoms with E-state index in [-0.39, 0.29) is 0 Å². The molecule has 1 fully saturated rings. The maximum absolute atomic E-state index is 10.5. The highest BCUT2D eigenvalue weighted by molar-refractivity contribution is 5.35. The van der Waals surface area contributed by atoms with Crippen LogP contribution in [0, 0.1) is 5.92 Å². The van der Waals surface area contributed by atoms with Crippen LogP contribution in [-0.4, -0.2) is 62.3 Å². The van der Waals surface area contributed by atoms with E-state index >= 15 is 0 Å². The Bertz CT molecular complexity index is 429. The molecule has 0 saturated carbocycles. The third-order valence-electron chi connectivity index (χ3n) is 4.26. The van der Waals surface area contributed by atoms with Gasteiger partial charge in [0, 0.05) is 18.7 Å². The van der Waals surface area contributed by atoms with Crippen LogP contribution in [-0.2, 0) is 0 Å². The zero-order valence-electron chi connectivity index (χ0n) is 13.5. The van der Waals surface area contributed by atoms with Gasteiger partial charge in [0.2, 0.25) is 0 Å². The van der Waals surface area contributed by atoms with Gasteiger partial charge in [-0.05, 0) is 52.0 Å². The molecule has 1 heterocycles. The number of para-hydroxylation sites is 1. The number of benzene rings is 1. The molecular weight excluding hydrogens is 264 g/mol. The van der Waals surface area contributed by atoms with Gasteiger partial charge in [0.25, 0.3) is 0 Å². The van der Waals surface area contributed by atoms with E-state index in [4.69, 9.17) is 4.74 Å². The van der Waals surface area contributed by atoms with Crippen molar-refractivity contribution in [1.29, 1.82) is 0 Å². The maximum Gasteiger partial charge on any atom is 0.124 e. The van der Waals surface area contributed by atoms with Crippen molar-refractivity contribution < 1.29 is 9.84 Å². The summed E-state index contributed by atoms with van der Waals surface area (Å²) in [6, 6.07) is 7.73. The second-order valence-corrected chi connectivity index (χ2v) is 6.26. The number of hydrogen-bond donors (Lipinski definition) is 1. The Hall–Kier alpha value is -1.10. The number of likely N-dealkylation sites (tertiary alicyclic amines) is 1. The quantitative estimate of drug-likeness (QED) is 0.870. The average Bonchev–Trinajstić information content (AvgIpc) is 2.48. The molecule has 1 aromatic rings. The molecule has 4 nitrogen and oxygen atoms in total. The van der Waals surface area contributed by atoms with Gasteiger partial charge in [0.15, 0.2) is 0 Å². The predicted molar refractivity (Wildman–Crippen MR) is 85.7 cm³/mol. The maximum atomic E-state index is 10.5. The van der Waals surface area contributed by atoms with Crippen LogP contribution in [0.15, 0.2) is 24.3 Å². The van der Waals surface area contributed by atoms with Gasteiger partial charge in [-0.25, -0.2) is 0 Å². The second kappa shape index (κ2) is 7.78. The van der Waals surface area contributed by atoms with E-state index in [2.05, 4.69) is 23.9 Å². The fraction of sp³-hybridized carbons (Fsp3) is 0.647. The summed E-state index contributed by atoms with van der Waals surface area (Å²) in [5.41, 5.74) is 0.885. The van der Waals surface area contributed by atoms with Gasteiger partial charge in [-0.15, -0.1) is 0 Å². The average molecular weight is 292 g/mol. The Morgan fingerprint density at radius 1 is 1.29 bits per heavy atom. The van der Waals surface area contributed by atoms with Crippen LogP contribution in [0.4, 0.5) is 0 Å². The highest BCUT2D eigenvalue weighted by atomic mass is 16.5. The largest absolute Gasteiger partial charge is 0.496 e. The number of aliphatic hydroxyl groups is 1. The molecule has 0 aliphatic carbocycles. The Morgan fingerprint density at radius 2 is 1.95 bits per heavy atom. The molecule has 1 aliphatic heterocycles. The molecule has 21 heavy (non-hydrogen) atoms. The van der Waals surface area contributed by atoms with Crippen molar-refractivity contribution in [3.05, 3.63) is 29.8 Å². The Labute approximate surface area is 128 Å². The van der Waals surface area contributed by atoms with Gasteiger partial charge in [-0.3, -0.25) is 0 Å². The van der Waals surface area contributed by atoms with Gasteiger partial charge >= 0.3 is 0 Å². The zero-order valence-corrected chi connectivity index (χ0v) is 13.5. The summed E-state index contributed by atoms with van der Waals surface area (Å²) in [4.78, 5) is 4.63. The number of hydrogen-bond acceptors (Lipinski definition) is 4. The van der Waals surface area contributed by atoms with Crippen LogP contribution in [0.2, 0.25) is 0 Å². The Kier molecular flexibility index (Phi) is 6.03. The van der Waals surface area contributed by atoms with Gasteiger partial charge in [0.05, 0.1) is 13.2 Å². The molecule has 1 aliphatic rings. The third-order valence-corrected chi connectivity index (χ3v) is 4.26. The second-order valence-electron chi connectivity index (χ2n) is 6.26. The van der Waals surface area contributed by atoms with Crippen LogP contribution in [0.1, 0.15) is 24.5 Å². The minimum Gasteiger partial charge on any atom is -0.496 e. The number of aliphatic hydroxyl groups excluding tert-OH is 1. The molecule has 0 radical (unpaired) electrons. The number of nitrogens with zero attached hydrogens (tertiary/aromatic N) is 2. The SMILES string of the molecule is COc1ccccc1C(O)CN1CCC(CN(C)C)CC1. The molecule has 1 aromatic carbocycles. The van der Waals surface area contributed by atoms with E-state index in [1.54, 1.807) is 7.11 Å². The summed E-state index contributed by atoms with van der Waals surface area (Å²) in [6.07, 6.45) is 1.96. The van der Waals surface area contributed by atoms with Crippen molar-refractivity contribution in [3.8, 4) is 5.75 Å². The van der Waals surface area contributed by atoms with Gasteiger partial charge in [0.1, 0.15) is 5.75 Å². The predicted octanol–water partition coefficient (Wildman–Crippen LogP) is 2.00. The summed E-state index contributed by atoms with van der Waals surface area (Å²) >= 11 is 0. The Balaban J connectivity index is 1.85. The first kappa shape index (κ1) is 16.3. The minimum absolute atomic E-state index is 0.480. The lowest BCUT2D eigenvalue weighted by Crippen LogP contribution is -2.39. The van der Waals surface area contributed by atoms with Crippen molar-refractivity contribution >= 4 is 0 Å². The van der Waals surface area contributed by atoms with Gasteiger partial charge < -0.3 is 19.6 Å². The topological polar surface area (TPSA) is 35.9 Å². The summed E-state index contributed by atoms with van der Waals surface area (Å²) in [5, 5.41) is 10.5. The molecule has 2 rings (SSSR count). The van der Waals surface area contributed by atoms with E-state index in [1.807, 2.05) is 24.3 Å². The zero-order chi connectivity index (χ0) is 15.2. The summed E-state index contributed by atoms with van der Waals surface area (Å²) < 4.78 is 5.33. The molecule has 0 spiro atoms. The summed E-state index contributed by atoms with van der Waals surface area (Å²) in [5.74, 6) is 1.56. The number of ether oxygens (including phenoxy) is 1. The van der Waals surface area contributed by atoms with E-state index in [1.165, 1.54) is 19.4 Å². The molecular formula is C17H28N2O2. The van der Waals surface area contributed by atoms with E-state index < -0.39 is 6.10 Å². The van der Waals surface area contributed by atoms with Crippen molar-refractivity contribution in [2.75, 3.05) is 47.4 Å². The van der Waals surface area contributed by atoms with Crippen molar-refractivity contribution in [2.24, 2.45) is 5.92 Å². The fourth-order valence-electron chi connectivity index (χ4n) is 3.15. The van der Waals surface area contributed by atoms with Crippen LogP contribution < -0.4 is 4.74 Å². The molecule has 4 heteroatoms. The summed E-state index contributed by atoms with van der Waals surface area (Å²) in [6.45, 7) is 4.01. The number of rotatable bonds is 6. The molecule has 118 valence electrons. The molecule has 0 amide bonds. The van der Waals surface area contributed by atoms with Crippen molar-refractivity contribution in [2.45, 2.75) is 18.9 Å². The molecule has 0 aromatic heterocycles. The highest BCUT2D eigenvalue weighted by Gasteiger charge is 2.22. The lowest BCUT2D eigenvalue weighted by molar-refractivity contribution is 0.0832. The van der Waals surface area contributed by atoms with E-state index in [0.29, 0.717) is 6.54 Å². The lowest BCUT2D eigenvalue weighted by atomic mass is 9.96. The van der Waals surface area contributed by atoms with E-state index in [0.717, 1.165) is 30.3 Å². The smallest absolute Gasteiger partial charge is 0.124 e. The number of β-amino-alcohol motifs (C(OH)–C–C–N with tert-alkyl or cyclic N) is 1. The van der Waals surface area contributed by atoms with Crippen LogP contribution >= 0.6 is 0 Å². The molecule has 1 saturated heterocycles. The van der Waals surface area contributed by atoms with E-state index in [9.17, 15) is 5.11 Å². The molecule has 1 atom stereocenters. The van der Waals surface area contributed by atoms with Crippen molar-refractivity contribution in [3.63, 3.8) is 0 Å². The lowest BCUT2D eigenvalue weighted by Gasteiger charge is -2.34. The first-order valence-electron chi connectivity index (χ1n) is 7.78. The van der Waals surface area contributed by atoms with Crippen molar-refractivity contribution in [1.82, 2.24) is 9.80 Å². The first-order chi connectivity index (χ1) is 10.1.